The molecule has 0 radical (unpaired) electrons. The number of hydrogen-bond acceptors (Lipinski definition) is 5. The van der Waals surface area contributed by atoms with E-state index in [4.69, 9.17) is 4.74 Å². The summed E-state index contributed by atoms with van der Waals surface area (Å²) in [5.41, 5.74) is 1.44. The topological polar surface area (TPSA) is 73.1 Å². The lowest BCUT2D eigenvalue weighted by Crippen LogP contribution is -2.51. The van der Waals surface area contributed by atoms with E-state index in [1.807, 2.05) is 11.8 Å². The number of hydrogen-bond donors (Lipinski definition) is 0. The van der Waals surface area contributed by atoms with E-state index in [-0.39, 0.29) is 11.5 Å². The summed E-state index contributed by atoms with van der Waals surface area (Å²) >= 11 is 0. The van der Waals surface area contributed by atoms with Crippen LogP contribution in [0.3, 0.4) is 0 Å². The first kappa shape index (κ1) is 13.9. The van der Waals surface area contributed by atoms with Gasteiger partial charge in [-0.15, -0.1) is 5.10 Å². The van der Waals surface area contributed by atoms with Gasteiger partial charge >= 0.3 is 0 Å². The summed E-state index contributed by atoms with van der Waals surface area (Å²) in [5.74, 6) is -0.0362. The van der Waals surface area contributed by atoms with Crippen LogP contribution in [0.15, 0.2) is 12.3 Å². The fraction of sp³-hybridized carbons (Fsp3) is 0.571. The average molecular weight is 289 g/mol. The van der Waals surface area contributed by atoms with Crippen LogP contribution in [0.2, 0.25) is 0 Å². The molecule has 0 aromatic carbocycles. The molecule has 0 spiro atoms. The van der Waals surface area contributed by atoms with Gasteiger partial charge in [0.05, 0.1) is 17.8 Å². The first-order valence-corrected chi connectivity index (χ1v) is 7.12. The van der Waals surface area contributed by atoms with Gasteiger partial charge in [0.2, 0.25) is 0 Å². The molecule has 112 valence electrons. The van der Waals surface area contributed by atoms with Gasteiger partial charge in [-0.3, -0.25) is 4.79 Å². The van der Waals surface area contributed by atoms with Gasteiger partial charge in [0.25, 0.3) is 5.91 Å². The molecule has 2 aromatic heterocycles. The Balaban J connectivity index is 1.94. The predicted molar refractivity (Wildman–Crippen MR) is 76.9 cm³/mol. The molecule has 1 aliphatic rings. The summed E-state index contributed by atoms with van der Waals surface area (Å²) in [6.07, 6.45) is 2.49. The molecule has 21 heavy (non-hydrogen) atoms. The number of rotatable bonds is 2. The highest BCUT2D eigenvalue weighted by molar-refractivity contribution is 6.03. The zero-order valence-electron chi connectivity index (χ0n) is 12.5. The van der Waals surface area contributed by atoms with Gasteiger partial charge in [0, 0.05) is 26.3 Å². The van der Waals surface area contributed by atoms with Crippen molar-refractivity contribution in [2.45, 2.75) is 25.9 Å². The Labute approximate surface area is 122 Å². The van der Waals surface area contributed by atoms with Gasteiger partial charge in [0.1, 0.15) is 5.52 Å². The molecule has 7 heteroatoms. The van der Waals surface area contributed by atoms with E-state index in [1.165, 1.54) is 0 Å². The van der Waals surface area contributed by atoms with E-state index < -0.39 is 0 Å². The van der Waals surface area contributed by atoms with Crippen LogP contribution < -0.4 is 0 Å². The molecule has 0 bridgehead atoms. The van der Waals surface area contributed by atoms with Gasteiger partial charge < -0.3 is 9.64 Å². The minimum absolute atomic E-state index is 0.0362. The number of morpholine rings is 1. The van der Waals surface area contributed by atoms with E-state index in [9.17, 15) is 4.79 Å². The molecule has 1 fully saturated rings. The summed E-state index contributed by atoms with van der Waals surface area (Å²) < 4.78 is 7.36. The molecule has 1 amide bonds. The minimum Gasteiger partial charge on any atom is -0.372 e. The third kappa shape index (κ3) is 2.37. The maximum absolute atomic E-state index is 12.8. The van der Waals surface area contributed by atoms with Gasteiger partial charge in [-0.1, -0.05) is 12.1 Å². The lowest BCUT2D eigenvalue weighted by atomic mass is 10.0. The Kier molecular flexibility index (Phi) is 3.36. The van der Waals surface area contributed by atoms with Crippen LogP contribution in [-0.2, 0) is 11.8 Å². The molecule has 1 atom stereocenters. The fourth-order valence-electron chi connectivity index (χ4n) is 2.59. The smallest absolute Gasteiger partial charge is 0.256 e. The van der Waals surface area contributed by atoms with Crippen molar-refractivity contribution in [2.24, 2.45) is 7.05 Å². The lowest BCUT2D eigenvalue weighted by molar-refractivity contribution is -0.0897. The number of carbonyl (C=O) groups is 1. The van der Waals surface area contributed by atoms with E-state index in [0.717, 1.165) is 6.42 Å². The van der Waals surface area contributed by atoms with Crippen LogP contribution in [0.1, 0.15) is 30.6 Å². The highest BCUT2D eigenvalue weighted by atomic mass is 16.5. The number of aromatic nitrogens is 4. The molecule has 1 saturated heterocycles. The molecule has 1 aliphatic heterocycles. The Morgan fingerprint density at radius 1 is 1.52 bits per heavy atom. The summed E-state index contributed by atoms with van der Waals surface area (Å²) in [5, 5.41) is 8.00. The number of amides is 1. The Hall–Kier alpha value is -2.02. The van der Waals surface area contributed by atoms with E-state index in [2.05, 4.69) is 22.2 Å². The van der Waals surface area contributed by atoms with Gasteiger partial charge in [-0.25, -0.2) is 9.67 Å². The quantitative estimate of drug-likeness (QED) is 0.825. The van der Waals surface area contributed by atoms with Crippen molar-refractivity contribution in [3.05, 3.63) is 17.8 Å². The monoisotopic (exact) mass is 289 g/mol. The maximum Gasteiger partial charge on any atom is 0.256 e. The third-order valence-electron chi connectivity index (χ3n) is 4.09. The standard InChI is InChI=1S/C14H19N5O2/c1-4-14(2)9-19(7-8-21-14)13(20)10-5-6-15-12-11(10)16-17-18(12)3/h5-6H,4,7-9H2,1-3H3. The molecule has 0 aliphatic carbocycles. The fourth-order valence-corrected chi connectivity index (χ4v) is 2.59. The Morgan fingerprint density at radius 2 is 2.33 bits per heavy atom. The van der Waals surface area contributed by atoms with Crippen molar-refractivity contribution in [1.29, 1.82) is 0 Å². The van der Waals surface area contributed by atoms with Crippen molar-refractivity contribution >= 4 is 17.1 Å². The summed E-state index contributed by atoms with van der Waals surface area (Å²) in [6.45, 7) is 5.86. The van der Waals surface area contributed by atoms with Crippen LogP contribution in [-0.4, -0.2) is 56.1 Å². The van der Waals surface area contributed by atoms with E-state index in [0.29, 0.717) is 36.4 Å². The molecular formula is C14H19N5O2. The Morgan fingerprint density at radius 3 is 3.10 bits per heavy atom. The van der Waals surface area contributed by atoms with Crippen LogP contribution in [0.4, 0.5) is 0 Å². The van der Waals surface area contributed by atoms with Gasteiger partial charge in [-0.2, -0.15) is 0 Å². The Bertz CT molecular complexity index is 683. The second kappa shape index (κ2) is 5.07. The highest BCUT2D eigenvalue weighted by Gasteiger charge is 2.33. The minimum atomic E-state index is -0.275. The van der Waals surface area contributed by atoms with E-state index in [1.54, 1.807) is 24.0 Å². The van der Waals surface area contributed by atoms with Crippen molar-refractivity contribution in [3.63, 3.8) is 0 Å². The number of carbonyl (C=O) groups excluding carboxylic acids is 1. The lowest BCUT2D eigenvalue weighted by Gasteiger charge is -2.40. The zero-order chi connectivity index (χ0) is 15.0. The van der Waals surface area contributed by atoms with Crippen molar-refractivity contribution in [3.8, 4) is 0 Å². The van der Waals surface area contributed by atoms with E-state index >= 15 is 0 Å². The highest BCUT2D eigenvalue weighted by Crippen LogP contribution is 2.23. The number of aryl methyl sites for hydroxylation is 1. The van der Waals surface area contributed by atoms with Crippen LogP contribution >= 0.6 is 0 Å². The third-order valence-corrected chi connectivity index (χ3v) is 4.09. The molecule has 0 saturated carbocycles. The van der Waals surface area contributed by atoms with Crippen LogP contribution in [0, 0.1) is 0 Å². The molecule has 7 nitrogen and oxygen atoms in total. The predicted octanol–water partition coefficient (Wildman–Crippen LogP) is 1.00. The van der Waals surface area contributed by atoms with Crippen LogP contribution in [0.5, 0.6) is 0 Å². The maximum atomic E-state index is 12.8. The van der Waals surface area contributed by atoms with Crippen molar-refractivity contribution in [1.82, 2.24) is 24.9 Å². The number of fused-ring (bicyclic) bond motifs is 1. The number of pyridine rings is 1. The number of ether oxygens (including phenoxy) is 1. The molecule has 0 N–H and O–H groups in total. The molecular weight excluding hydrogens is 270 g/mol. The van der Waals surface area contributed by atoms with Gasteiger partial charge in [-0.05, 0) is 19.4 Å². The molecule has 2 aromatic rings. The van der Waals surface area contributed by atoms with Gasteiger partial charge in [0.15, 0.2) is 5.65 Å². The summed E-state index contributed by atoms with van der Waals surface area (Å²) in [4.78, 5) is 18.8. The summed E-state index contributed by atoms with van der Waals surface area (Å²) in [6, 6.07) is 1.71. The number of nitrogens with zero attached hydrogens (tertiary/aromatic N) is 5. The second-order valence-electron chi connectivity index (χ2n) is 5.62. The first-order chi connectivity index (χ1) is 10.0. The molecule has 3 rings (SSSR count). The largest absolute Gasteiger partial charge is 0.372 e. The van der Waals surface area contributed by atoms with Crippen molar-refractivity contribution in [2.75, 3.05) is 19.7 Å². The normalized spacial score (nSPS) is 22.7. The molecule has 1 unspecified atom stereocenters. The van der Waals surface area contributed by atoms with Crippen molar-refractivity contribution < 1.29 is 9.53 Å². The SMILES string of the molecule is CCC1(C)CN(C(=O)c2ccnc3c2nnn3C)CCO1. The molecule has 3 heterocycles. The zero-order valence-corrected chi connectivity index (χ0v) is 12.5. The van der Waals surface area contributed by atoms with Crippen LogP contribution in [0.25, 0.3) is 11.2 Å². The average Bonchev–Trinajstić information content (AvgIpc) is 2.88. The first-order valence-electron chi connectivity index (χ1n) is 7.12. The second-order valence-corrected chi connectivity index (χ2v) is 5.62. The summed E-state index contributed by atoms with van der Waals surface area (Å²) in [7, 11) is 1.76.